The molecule has 1 N–H and O–H groups in total. The van der Waals surface area contributed by atoms with Crippen LogP contribution in [0.25, 0.3) is 0 Å². The van der Waals surface area contributed by atoms with E-state index in [0.717, 1.165) is 36.9 Å². The van der Waals surface area contributed by atoms with E-state index in [1.54, 1.807) is 0 Å². The van der Waals surface area contributed by atoms with Gasteiger partial charge in [-0.05, 0) is 57.0 Å². The first kappa shape index (κ1) is 14.5. The molecule has 1 aromatic carbocycles. The van der Waals surface area contributed by atoms with E-state index in [2.05, 4.69) is 46.0 Å². The Bertz CT molecular complexity index is 479. The van der Waals surface area contributed by atoms with E-state index in [-0.39, 0.29) is 0 Å². The fourth-order valence-corrected chi connectivity index (χ4v) is 2.73. The fourth-order valence-electron chi connectivity index (χ4n) is 2.48. The smallest absolute Gasteiger partial charge is 0.309 e. The summed E-state index contributed by atoms with van der Waals surface area (Å²) in [6.07, 6.45) is 1.47. The molecule has 1 saturated heterocycles. The molecule has 0 atom stereocenters. The maximum absolute atomic E-state index is 11.2. The van der Waals surface area contributed by atoms with Crippen LogP contribution in [0.5, 0.6) is 0 Å². The normalized spacial score (nSPS) is 19.3. The van der Waals surface area contributed by atoms with Crippen LogP contribution in [-0.4, -0.2) is 29.1 Å². The van der Waals surface area contributed by atoms with E-state index >= 15 is 0 Å². The van der Waals surface area contributed by atoms with Crippen LogP contribution in [0.1, 0.15) is 30.9 Å². The Balaban J connectivity index is 1.95. The largest absolute Gasteiger partial charge is 0.481 e. The lowest BCUT2D eigenvalue weighted by atomic mass is 9.80. The lowest BCUT2D eigenvalue weighted by Gasteiger charge is -2.36. The van der Waals surface area contributed by atoms with Gasteiger partial charge in [-0.3, -0.25) is 9.69 Å². The van der Waals surface area contributed by atoms with Crippen molar-refractivity contribution in [2.24, 2.45) is 5.41 Å². The maximum Gasteiger partial charge on any atom is 0.309 e. The van der Waals surface area contributed by atoms with Crippen LogP contribution in [0.4, 0.5) is 0 Å². The molecular weight excluding hydrogens is 306 g/mol. The highest BCUT2D eigenvalue weighted by atomic mass is 79.9. The summed E-state index contributed by atoms with van der Waals surface area (Å²) >= 11 is 3.51. The maximum atomic E-state index is 11.2. The average Bonchev–Trinajstić information content (AvgIpc) is 2.37. The Kier molecular flexibility index (Phi) is 4.31. The van der Waals surface area contributed by atoms with Crippen molar-refractivity contribution in [3.8, 4) is 0 Å². The molecule has 0 aromatic heterocycles. The number of nitrogens with zero attached hydrogens (tertiary/aromatic N) is 1. The molecule has 1 fully saturated rings. The first-order valence-electron chi connectivity index (χ1n) is 6.61. The second kappa shape index (κ2) is 5.63. The highest BCUT2D eigenvalue weighted by Crippen LogP contribution is 2.31. The molecule has 0 amide bonds. The minimum atomic E-state index is -0.661. The predicted molar refractivity (Wildman–Crippen MR) is 79.1 cm³/mol. The van der Waals surface area contributed by atoms with Gasteiger partial charge in [-0.1, -0.05) is 28.1 Å². The third kappa shape index (κ3) is 3.37. The van der Waals surface area contributed by atoms with Crippen molar-refractivity contribution in [1.82, 2.24) is 4.90 Å². The summed E-state index contributed by atoms with van der Waals surface area (Å²) in [6.45, 7) is 6.57. The molecule has 4 heteroatoms. The van der Waals surface area contributed by atoms with Crippen molar-refractivity contribution in [3.05, 3.63) is 33.8 Å². The van der Waals surface area contributed by atoms with Crippen molar-refractivity contribution in [2.75, 3.05) is 13.1 Å². The molecule has 1 heterocycles. The molecule has 0 spiro atoms. The van der Waals surface area contributed by atoms with Gasteiger partial charge in [0, 0.05) is 11.0 Å². The average molecular weight is 326 g/mol. The standard InChI is InChI=1S/C15H20BrNO2/c1-11-9-12(3-4-13(11)16)10-17-7-5-15(2,6-8-17)14(18)19/h3-4,9H,5-8,10H2,1-2H3,(H,18,19). The molecule has 1 aromatic rings. The zero-order valence-corrected chi connectivity index (χ0v) is 13.0. The number of halogens is 1. The van der Waals surface area contributed by atoms with Crippen LogP contribution >= 0.6 is 15.9 Å². The lowest BCUT2D eigenvalue weighted by molar-refractivity contribution is -0.150. The SMILES string of the molecule is Cc1cc(CN2CCC(C)(C(=O)O)CC2)ccc1Br. The molecule has 3 nitrogen and oxygen atoms in total. The van der Waals surface area contributed by atoms with Crippen LogP contribution in [0.3, 0.4) is 0 Å². The number of aryl methyl sites for hydroxylation is 1. The number of hydrogen-bond donors (Lipinski definition) is 1. The number of aliphatic carboxylic acids is 1. The summed E-state index contributed by atoms with van der Waals surface area (Å²) in [4.78, 5) is 13.5. The van der Waals surface area contributed by atoms with Gasteiger partial charge in [0.1, 0.15) is 0 Å². The van der Waals surface area contributed by atoms with Gasteiger partial charge in [-0.25, -0.2) is 0 Å². The zero-order chi connectivity index (χ0) is 14.0. The lowest BCUT2D eigenvalue weighted by Crippen LogP contribution is -2.42. The van der Waals surface area contributed by atoms with Crippen LogP contribution < -0.4 is 0 Å². The topological polar surface area (TPSA) is 40.5 Å². The van der Waals surface area contributed by atoms with E-state index in [9.17, 15) is 9.90 Å². The van der Waals surface area contributed by atoms with E-state index in [1.807, 2.05) is 6.92 Å². The van der Waals surface area contributed by atoms with Gasteiger partial charge in [0.05, 0.1) is 5.41 Å². The summed E-state index contributed by atoms with van der Waals surface area (Å²) < 4.78 is 1.13. The Morgan fingerprint density at radius 2 is 2.05 bits per heavy atom. The van der Waals surface area contributed by atoms with Crippen LogP contribution in [0.15, 0.2) is 22.7 Å². The number of carbonyl (C=O) groups is 1. The summed E-state index contributed by atoms with van der Waals surface area (Å²) in [7, 11) is 0. The summed E-state index contributed by atoms with van der Waals surface area (Å²) in [5.41, 5.74) is 2.00. The number of piperidine rings is 1. The van der Waals surface area contributed by atoms with E-state index in [0.29, 0.717) is 0 Å². The Hall–Kier alpha value is -0.870. The first-order valence-corrected chi connectivity index (χ1v) is 7.41. The van der Waals surface area contributed by atoms with Crippen molar-refractivity contribution in [1.29, 1.82) is 0 Å². The van der Waals surface area contributed by atoms with Gasteiger partial charge >= 0.3 is 5.97 Å². The first-order chi connectivity index (χ1) is 8.90. The Morgan fingerprint density at radius 3 is 2.58 bits per heavy atom. The van der Waals surface area contributed by atoms with Gasteiger partial charge in [-0.15, -0.1) is 0 Å². The van der Waals surface area contributed by atoms with Crippen LogP contribution in [0, 0.1) is 12.3 Å². The molecule has 104 valence electrons. The van der Waals surface area contributed by atoms with E-state index < -0.39 is 11.4 Å². The number of benzene rings is 1. The number of carboxylic acid groups (broad SMARTS) is 1. The molecular formula is C15H20BrNO2. The van der Waals surface area contributed by atoms with Crippen molar-refractivity contribution < 1.29 is 9.90 Å². The monoisotopic (exact) mass is 325 g/mol. The molecule has 1 aliphatic heterocycles. The van der Waals surface area contributed by atoms with Gasteiger partial charge < -0.3 is 5.11 Å². The molecule has 2 rings (SSSR count). The summed E-state index contributed by atoms with van der Waals surface area (Å²) in [5.74, 6) is -0.661. The number of rotatable bonds is 3. The molecule has 0 aliphatic carbocycles. The highest BCUT2D eigenvalue weighted by Gasteiger charge is 2.36. The highest BCUT2D eigenvalue weighted by molar-refractivity contribution is 9.10. The summed E-state index contributed by atoms with van der Waals surface area (Å²) in [5, 5.41) is 9.22. The number of hydrogen-bond acceptors (Lipinski definition) is 2. The summed E-state index contributed by atoms with van der Waals surface area (Å²) in [6, 6.07) is 6.40. The number of carboxylic acids is 1. The van der Waals surface area contributed by atoms with Gasteiger partial charge in [0.25, 0.3) is 0 Å². The molecule has 0 unspecified atom stereocenters. The third-order valence-electron chi connectivity index (χ3n) is 4.10. The van der Waals surface area contributed by atoms with Crippen molar-refractivity contribution in [2.45, 2.75) is 33.2 Å². The third-order valence-corrected chi connectivity index (χ3v) is 4.99. The van der Waals surface area contributed by atoms with Gasteiger partial charge in [-0.2, -0.15) is 0 Å². The Morgan fingerprint density at radius 1 is 1.42 bits per heavy atom. The molecule has 0 bridgehead atoms. The molecule has 0 radical (unpaired) electrons. The van der Waals surface area contributed by atoms with Gasteiger partial charge in [0.2, 0.25) is 0 Å². The quantitative estimate of drug-likeness (QED) is 0.925. The van der Waals surface area contributed by atoms with E-state index in [4.69, 9.17) is 0 Å². The van der Waals surface area contributed by atoms with Crippen molar-refractivity contribution >= 4 is 21.9 Å². The van der Waals surface area contributed by atoms with Crippen LogP contribution in [0.2, 0.25) is 0 Å². The predicted octanol–water partition coefficient (Wildman–Crippen LogP) is 3.44. The molecule has 1 aliphatic rings. The van der Waals surface area contributed by atoms with Crippen LogP contribution in [-0.2, 0) is 11.3 Å². The van der Waals surface area contributed by atoms with E-state index in [1.165, 1.54) is 11.1 Å². The minimum absolute atomic E-state index is 0.536. The van der Waals surface area contributed by atoms with Crippen molar-refractivity contribution in [3.63, 3.8) is 0 Å². The van der Waals surface area contributed by atoms with Gasteiger partial charge in [0.15, 0.2) is 0 Å². The fraction of sp³-hybridized carbons (Fsp3) is 0.533. The second-order valence-electron chi connectivity index (χ2n) is 5.73. The zero-order valence-electron chi connectivity index (χ0n) is 11.4. The second-order valence-corrected chi connectivity index (χ2v) is 6.58. The Labute approximate surface area is 122 Å². The molecule has 19 heavy (non-hydrogen) atoms. The number of likely N-dealkylation sites (tertiary alicyclic amines) is 1. The minimum Gasteiger partial charge on any atom is -0.481 e. The molecule has 0 saturated carbocycles.